The van der Waals surface area contributed by atoms with E-state index in [-0.39, 0.29) is 0 Å². The average molecular weight is 664 g/mol. The van der Waals surface area contributed by atoms with Crippen LogP contribution in [0.5, 0.6) is 0 Å². The zero-order chi connectivity index (χ0) is 33.9. The molecule has 0 N–H and O–H groups in total. The van der Waals surface area contributed by atoms with Crippen molar-refractivity contribution in [3.8, 4) is 56.4 Å². The van der Waals surface area contributed by atoms with Gasteiger partial charge >= 0.3 is 0 Å². The molecule has 0 spiro atoms. The summed E-state index contributed by atoms with van der Waals surface area (Å²) in [6.07, 6.45) is 0. The first-order valence-corrected chi connectivity index (χ1v) is 17.4. The van der Waals surface area contributed by atoms with Crippen LogP contribution in [-0.2, 0) is 0 Å². The van der Waals surface area contributed by atoms with Crippen LogP contribution >= 0.6 is 0 Å². The normalized spacial score (nSPS) is 12.2. The molecule has 0 aliphatic heterocycles. The summed E-state index contributed by atoms with van der Waals surface area (Å²) >= 11 is 0. The van der Waals surface area contributed by atoms with E-state index < -0.39 is 0 Å². The van der Waals surface area contributed by atoms with Crippen molar-refractivity contribution in [2.45, 2.75) is 0 Å². The molecular weight excluding hydrogens is 639 g/mol. The Morgan fingerprint density at radius 2 is 0.962 bits per heavy atom. The minimum absolute atomic E-state index is 0.572. The van der Waals surface area contributed by atoms with Crippen molar-refractivity contribution < 1.29 is 8.83 Å². The quantitative estimate of drug-likeness (QED) is 0.188. The molecule has 0 saturated heterocycles. The molecular formula is C47H25N3O2. The van der Waals surface area contributed by atoms with Crippen LogP contribution in [0.4, 0.5) is 0 Å². The Bertz CT molecular complexity index is 3310. The van der Waals surface area contributed by atoms with Gasteiger partial charge in [-0.1, -0.05) is 127 Å². The van der Waals surface area contributed by atoms with Gasteiger partial charge in [0, 0.05) is 49.2 Å². The van der Waals surface area contributed by atoms with Gasteiger partial charge in [-0.2, -0.15) is 0 Å². The maximum Gasteiger partial charge on any atom is 0.165 e. The molecule has 1 aliphatic rings. The van der Waals surface area contributed by atoms with E-state index in [1.54, 1.807) is 0 Å². The van der Waals surface area contributed by atoms with Crippen LogP contribution in [-0.4, -0.2) is 15.0 Å². The molecule has 0 atom stereocenters. The van der Waals surface area contributed by atoms with Crippen molar-refractivity contribution >= 4 is 65.4 Å². The van der Waals surface area contributed by atoms with E-state index in [0.717, 1.165) is 87.7 Å². The highest BCUT2D eigenvalue weighted by Crippen LogP contribution is 2.55. The monoisotopic (exact) mass is 663 g/mol. The highest BCUT2D eigenvalue weighted by Gasteiger charge is 2.30. The third-order valence-electron chi connectivity index (χ3n) is 10.7. The van der Waals surface area contributed by atoms with Crippen LogP contribution in [0.15, 0.2) is 160 Å². The van der Waals surface area contributed by atoms with Crippen molar-refractivity contribution in [2.75, 3.05) is 0 Å². The lowest BCUT2D eigenvalue weighted by molar-refractivity contribution is 0.669. The van der Waals surface area contributed by atoms with Gasteiger partial charge in [-0.15, -0.1) is 0 Å². The number of nitrogens with zero attached hydrogens (tertiary/aromatic N) is 3. The zero-order valence-corrected chi connectivity index (χ0v) is 27.6. The molecule has 3 aromatic heterocycles. The van der Waals surface area contributed by atoms with E-state index in [4.69, 9.17) is 23.8 Å². The fourth-order valence-electron chi connectivity index (χ4n) is 8.42. The summed E-state index contributed by atoms with van der Waals surface area (Å²) in [4.78, 5) is 15.9. The topological polar surface area (TPSA) is 65.0 Å². The van der Waals surface area contributed by atoms with Gasteiger partial charge in [-0.3, -0.25) is 0 Å². The van der Waals surface area contributed by atoms with Gasteiger partial charge in [0.25, 0.3) is 0 Å². The van der Waals surface area contributed by atoms with Crippen molar-refractivity contribution in [1.82, 2.24) is 15.0 Å². The van der Waals surface area contributed by atoms with E-state index in [2.05, 4.69) is 115 Å². The van der Waals surface area contributed by atoms with Gasteiger partial charge in [0.15, 0.2) is 17.5 Å². The Kier molecular flexibility index (Phi) is 5.44. The Balaban J connectivity index is 1.22. The fourth-order valence-corrected chi connectivity index (χ4v) is 8.42. The SMILES string of the molecule is c1ccc2c(c1)-c1cccc3c(-c4nc(-c5ccc6c(c5)oc5ccccc56)nc(-c5cccc6ccccc56)n4)c4c(oc5ccccc54)c-2c13. The molecule has 0 bridgehead atoms. The predicted octanol–water partition coefficient (Wildman–Crippen LogP) is 12.6. The van der Waals surface area contributed by atoms with Crippen LogP contribution in [0, 0.1) is 0 Å². The van der Waals surface area contributed by atoms with Crippen molar-refractivity contribution in [2.24, 2.45) is 0 Å². The average Bonchev–Trinajstić information content (AvgIpc) is 3.88. The van der Waals surface area contributed by atoms with Gasteiger partial charge in [-0.25, -0.2) is 15.0 Å². The summed E-state index contributed by atoms with van der Waals surface area (Å²) in [5.41, 5.74) is 10.7. The third kappa shape index (κ3) is 3.74. The van der Waals surface area contributed by atoms with Crippen molar-refractivity contribution in [1.29, 1.82) is 0 Å². The summed E-state index contributed by atoms with van der Waals surface area (Å²) in [5, 5.41) is 8.60. The zero-order valence-electron chi connectivity index (χ0n) is 27.6. The predicted molar refractivity (Wildman–Crippen MR) is 210 cm³/mol. The number of hydrogen-bond acceptors (Lipinski definition) is 5. The van der Waals surface area contributed by atoms with Gasteiger partial charge < -0.3 is 8.83 Å². The van der Waals surface area contributed by atoms with Crippen molar-refractivity contribution in [3.63, 3.8) is 0 Å². The molecule has 240 valence electrons. The minimum atomic E-state index is 0.572. The molecule has 0 unspecified atom stereocenters. The van der Waals surface area contributed by atoms with Crippen LogP contribution in [0.3, 0.4) is 0 Å². The van der Waals surface area contributed by atoms with Crippen molar-refractivity contribution in [3.05, 3.63) is 152 Å². The molecule has 5 nitrogen and oxygen atoms in total. The fraction of sp³-hybridized carbons (Fsp3) is 0. The van der Waals surface area contributed by atoms with Crippen LogP contribution < -0.4 is 0 Å². The van der Waals surface area contributed by atoms with E-state index in [1.165, 1.54) is 16.7 Å². The molecule has 3 heterocycles. The molecule has 11 aromatic rings. The first-order valence-electron chi connectivity index (χ1n) is 17.4. The molecule has 8 aromatic carbocycles. The molecule has 0 saturated carbocycles. The smallest absolute Gasteiger partial charge is 0.165 e. The minimum Gasteiger partial charge on any atom is -0.456 e. The summed E-state index contributed by atoms with van der Waals surface area (Å²) in [5.74, 6) is 1.77. The number of para-hydroxylation sites is 2. The van der Waals surface area contributed by atoms with E-state index in [9.17, 15) is 0 Å². The number of fused-ring (bicyclic) bond motifs is 11. The lowest BCUT2D eigenvalue weighted by Crippen LogP contribution is -2.01. The summed E-state index contributed by atoms with van der Waals surface area (Å²) in [6, 6.07) is 52.5. The number of hydrogen-bond donors (Lipinski definition) is 0. The van der Waals surface area contributed by atoms with Gasteiger partial charge in [0.2, 0.25) is 0 Å². The second kappa shape index (κ2) is 10.2. The molecule has 0 radical (unpaired) electrons. The molecule has 52 heavy (non-hydrogen) atoms. The third-order valence-corrected chi connectivity index (χ3v) is 10.7. The maximum absolute atomic E-state index is 6.82. The second-order valence-corrected chi connectivity index (χ2v) is 13.5. The summed E-state index contributed by atoms with van der Waals surface area (Å²) in [7, 11) is 0. The van der Waals surface area contributed by atoms with Crippen LogP contribution in [0.2, 0.25) is 0 Å². The van der Waals surface area contributed by atoms with Crippen LogP contribution in [0.1, 0.15) is 0 Å². The summed E-state index contributed by atoms with van der Waals surface area (Å²) in [6.45, 7) is 0. The largest absolute Gasteiger partial charge is 0.456 e. The van der Waals surface area contributed by atoms with Gasteiger partial charge in [0.1, 0.15) is 22.3 Å². The van der Waals surface area contributed by atoms with Gasteiger partial charge in [-0.05, 0) is 57.1 Å². The number of rotatable bonds is 3. The maximum atomic E-state index is 6.82. The summed E-state index contributed by atoms with van der Waals surface area (Å²) < 4.78 is 13.2. The number of aromatic nitrogens is 3. The van der Waals surface area contributed by atoms with Crippen LogP contribution in [0.25, 0.3) is 122 Å². The highest BCUT2D eigenvalue weighted by molar-refractivity contribution is 6.31. The Morgan fingerprint density at radius 3 is 1.87 bits per heavy atom. The lowest BCUT2D eigenvalue weighted by Gasteiger charge is -2.14. The highest BCUT2D eigenvalue weighted by atomic mass is 16.3. The Labute approximate surface area is 296 Å². The van der Waals surface area contributed by atoms with E-state index in [0.29, 0.717) is 17.5 Å². The van der Waals surface area contributed by atoms with Gasteiger partial charge in [0.05, 0.1) is 0 Å². The van der Waals surface area contributed by atoms with E-state index in [1.807, 2.05) is 36.4 Å². The molecule has 12 rings (SSSR count). The Hall–Kier alpha value is -7.11. The second-order valence-electron chi connectivity index (χ2n) is 13.5. The lowest BCUT2D eigenvalue weighted by atomic mass is 9.93. The standard InChI is InChI=1S/C47H25N3O2/c1-2-13-28-26(11-1)12-9-19-34(28)46-48-45(27-23-24-31-30-15-5-7-21-37(30)51-39(31)25-27)49-47(50-46)43-36-20-10-18-32-29-14-3-4-16-33(29)41(40(32)36)44-42(43)35-17-6-8-22-38(35)52-44/h1-25H. The molecule has 1 aliphatic carbocycles. The Morgan fingerprint density at radius 1 is 0.346 bits per heavy atom. The first-order chi connectivity index (χ1) is 25.8. The molecule has 0 amide bonds. The van der Waals surface area contributed by atoms with E-state index >= 15 is 0 Å². The first kappa shape index (κ1) is 27.7. The number of furan rings is 2. The molecule has 0 fully saturated rings. The molecule has 5 heteroatoms. The number of benzene rings is 8.